The summed E-state index contributed by atoms with van der Waals surface area (Å²) in [6.45, 7) is 5.06. The predicted octanol–water partition coefficient (Wildman–Crippen LogP) is 3.70. The van der Waals surface area contributed by atoms with Crippen molar-refractivity contribution >= 4 is 22.1 Å². The molecule has 0 radical (unpaired) electrons. The standard InChI is InChI=1S/C16H17N3S/c1-3-18-16(15-10-20-11(2)19-15)13-6-4-5-12-7-8-17-9-14(12)13/h4-10,16,18H,3H2,1-2H3. The van der Waals surface area contributed by atoms with Crippen LogP contribution in [-0.2, 0) is 0 Å². The molecular formula is C16H17N3S. The van der Waals surface area contributed by atoms with E-state index in [-0.39, 0.29) is 6.04 Å². The van der Waals surface area contributed by atoms with Gasteiger partial charge in [-0.25, -0.2) is 4.98 Å². The van der Waals surface area contributed by atoms with Gasteiger partial charge in [0.25, 0.3) is 0 Å². The number of benzene rings is 1. The number of nitrogens with one attached hydrogen (secondary N) is 1. The molecule has 20 heavy (non-hydrogen) atoms. The molecule has 0 aliphatic carbocycles. The average molecular weight is 283 g/mol. The molecule has 0 spiro atoms. The molecule has 102 valence electrons. The van der Waals surface area contributed by atoms with Crippen LogP contribution in [0.4, 0.5) is 0 Å². The second kappa shape index (κ2) is 5.69. The van der Waals surface area contributed by atoms with Crippen LogP contribution in [0.5, 0.6) is 0 Å². The summed E-state index contributed by atoms with van der Waals surface area (Å²) >= 11 is 1.69. The fraction of sp³-hybridized carbons (Fsp3) is 0.250. The number of aryl methyl sites for hydroxylation is 1. The topological polar surface area (TPSA) is 37.8 Å². The Bertz CT molecular complexity index is 715. The van der Waals surface area contributed by atoms with E-state index in [4.69, 9.17) is 0 Å². The summed E-state index contributed by atoms with van der Waals surface area (Å²) < 4.78 is 0. The van der Waals surface area contributed by atoms with Crippen LogP contribution in [-0.4, -0.2) is 16.5 Å². The minimum atomic E-state index is 0.123. The number of fused-ring (bicyclic) bond motifs is 1. The number of nitrogens with zero attached hydrogens (tertiary/aromatic N) is 2. The van der Waals surface area contributed by atoms with Crippen LogP contribution < -0.4 is 5.32 Å². The molecule has 2 aromatic heterocycles. The van der Waals surface area contributed by atoms with Crippen LogP contribution in [0.3, 0.4) is 0 Å². The van der Waals surface area contributed by atoms with Gasteiger partial charge in [0.15, 0.2) is 0 Å². The van der Waals surface area contributed by atoms with E-state index >= 15 is 0 Å². The van der Waals surface area contributed by atoms with Gasteiger partial charge in [-0.1, -0.05) is 25.1 Å². The molecule has 0 saturated heterocycles. The van der Waals surface area contributed by atoms with Crippen molar-refractivity contribution in [3.8, 4) is 0 Å². The van der Waals surface area contributed by atoms with Gasteiger partial charge >= 0.3 is 0 Å². The van der Waals surface area contributed by atoms with Gasteiger partial charge in [0.1, 0.15) is 0 Å². The van der Waals surface area contributed by atoms with Crippen LogP contribution in [0, 0.1) is 6.92 Å². The zero-order valence-corrected chi connectivity index (χ0v) is 12.4. The quantitative estimate of drug-likeness (QED) is 0.793. The van der Waals surface area contributed by atoms with Crippen molar-refractivity contribution in [2.24, 2.45) is 0 Å². The third-order valence-electron chi connectivity index (χ3n) is 3.37. The molecule has 0 amide bonds. The Morgan fingerprint density at radius 2 is 2.20 bits per heavy atom. The minimum Gasteiger partial charge on any atom is -0.305 e. The SMILES string of the molecule is CCNC(c1csc(C)n1)c1cccc2ccncc12. The van der Waals surface area contributed by atoms with E-state index in [1.54, 1.807) is 11.3 Å². The summed E-state index contributed by atoms with van der Waals surface area (Å²) in [5.74, 6) is 0. The Morgan fingerprint density at radius 1 is 1.30 bits per heavy atom. The Kier molecular flexibility index (Phi) is 3.76. The number of hydrogen-bond acceptors (Lipinski definition) is 4. The predicted molar refractivity (Wildman–Crippen MR) is 84.1 cm³/mol. The lowest BCUT2D eigenvalue weighted by Crippen LogP contribution is -2.22. The number of rotatable bonds is 4. The molecule has 0 saturated carbocycles. The van der Waals surface area contributed by atoms with Gasteiger partial charge < -0.3 is 5.32 Å². The number of pyridine rings is 1. The van der Waals surface area contributed by atoms with E-state index in [9.17, 15) is 0 Å². The molecule has 4 heteroatoms. The number of thiazole rings is 1. The third-order valence-corrected chi connectivity index (χ3v) is 4.16. The Labute approximate surface area is 122 Å². The van der Waals surface area contributed by atoms with Crippen LogP contribution in [0.2, 0.25) is 0 Å². The van der Waals surface area contributed by atoms with Gasteiger partial charge in [0.05, 0.1) is 16.7 Å². The van der Waals surface area contributed by atoms with E-state index in [0.717, 1.165) is 17.2 Å². The van der Waals surface area contributed by atoms with Crippen molar-refractivity contribution in [3.05, 3.63) is 58.3 Å². The normalized spacial score (nSPS) is 12.7. The van der Waals surface area contributed by atoms with E-state index in [2.05, 4.69) is 45.8 Å². The first-order valence-corrected chi connectivity index (χ1v) is 7.65. The summed E-state index contributed by atoms with van der Waals surface area (Å²) in [6.07, 6.45) is 3.77. The maximum absolute atomic E-state index is 4.65. The van der Waals surface area contributed by atoms with Gasteiger partial charge in [-0.3, -0.25) is 4.98 Å². The van der Waals surface area contributed by atoms with Gasteiger partial charge in [-0.2, -0.15) is 0 Å². The van der Waals surface area contributed by atoms with Gasteiger partial charge in [-0.05, 0) is 30.5 Å². The zero-order chi connectivity index (χ0) is 13.9. The molecule has 1 unspecified atom stereocenters. The summed E-state index contributed by atoms with van der Waals surface area (Å²) in [4.78, 5) is 8.92. The lowest BCUT2D eigenvalue weighted by Gasteiger charge is -2.18. The fourth-order valence-electron chi connectivity index (χ4n) is 2.48. The first kappa shape index (κ1) is 13.2. The van der Waals surface area contributed by atoms with Crippen LogP contribution in [0.25, 0.3) is 10.8 Å². The molecule has 3 aromatic rings. The van der Waals surface area contributed by atoms with E-state index in [1.807, 2.05) is 25.4 Å². The van der Waals surface area contributed by atoms with E-state index < -0.39 is 0 Å². The summed E-state index contributed by atoms with van der Waals surface area (Å²) in [6, 6.07) is 8.55. The molecule has 3 rings (SSSR count). The Balaban J connectivity index is 2.14. The highest BCUT2D eigenvalue weighted by atomic mass is 32.1. The average Bonchev–Trinajstić information content (AvgIpc) is 2.91. The van der Waals surface area contributed by atoms with Crippen LogP contribution >= 0.6 is 11.3 Å². The molecule has 1 N–H and O–H groups in total. The molecule has 2 heterocycles. The summed E-state index contributed by atoms with van der Waals surface area (Å²) in [7, 11) is 0. The smallest absolute Gasteiger partial charge is 0.0898 e. The highest BCUT2D eigenvalue weighted by Crippen LogP contribution is 2.29. The molecule has 0 aliphatic rings. The highest BCUT2D eigenvalue weighted by Gasteiger charge is 2.18. The third kappa shape index (κ3) is 2.44. The lowest BCUT2D eigenvalue weighted by atomic mass is 9.98. The van der Waals surface area contributed by atoms with Gasteiger partial charge in [0.2, 0.25) is 0 Å². The van der Waals surface area contributed by atoms with Crippen molar-refractivity contribution in [1.82, 2.24) is 15.3 Å². The zero-order valence-electron chi connectivity index (χ0n) is 11.6. The Morgan fingerprint density at radius 3 is 2.95 bits per heavy atom. The first-order valence-electron chi connectivity index (χ1n) is 6.77. The van der Waals surface area contributed by atoms with Crippen molar-refractivity contribution < 1.29 is 0 Å². The molecule has 0 aliphatic heterocycles. The van der Waals surface area contributed by atoms with Crippen molar-refractivity contribution in [2.75, 3.05) is 6.54 Å². The van der Waals surface area contributed by atoms with Gasteiger partial charge in [0, 0.05) is 23.2 Å². The molecule has 1 aromatic carbocycles. The van der Waals surface area contributed by atoms with E-state index in [0.29, 0.717) is 0 Å². The minimum absolute atomic E-state index is 0.123. The molecule has 0 fully saturated rings. The summed E-state index contributed by atoms with van der Waals surface area (Å²) in [5, 5.41) is 9.17. The lowest BCUT2D eigenvalue weighted by molar-refractivity contribution is 0.621. The molecular weight excluding hydrogens is 266 g/mol. The largest absolute Gasteiger partial charge is 0.305 e. The van der Waals surface area contributed by atoms with E-state index in [1.165, 1.54) is 16.3 Å². The first-order chi connectivity index (χ1) is 9.79. The summed E-state index contributed by atoms with van der Waals surface area (Å²) in [5.41, 5.74) is 2.33. The molecule has 3 nitrogen and oxygen atoms in total. The van der Waals surface area contributed by atoms with Crippen molar-refractivity contribution in [1.29, 1.82) is 0 Å². The second-order valence-electron chi connectivity index (χ2n) is 4.73. The number of aromatic nitrogens is 2. The monoisotopic (exact) mass is 283 g/mol. The number of hydrogen-bond donors (Lipinski definition) is 1. The van der Waals surface area contributed by atoms with Crippen LogP contribution in [0.1, 0.15) is 29.2 Å². The maximum atomic E-state index is 4.65. The second-order valence-corrected chi connectivity index (χ2v) is 5.79. The van der Waals surface area contributed by atoms with Crippen molar-refractivity contribution in [2.45, 2.75) is 19.9 Å². The maximum Gasteiger partial charge on any atom is 0.0898 e. The van der Waals surface area contributed by atoms with Crippen LogP contribution in [0.15, 0.2) is 42.0 Å². The van der Waals surface area contributed by atoms with Gasteiger partial charge in [-0.15, -0.1) is 11.3 Å². The Hall–Kier alpha value is -1.78. The highest BCUT2D eigenvalue weighted by molar-refractivity contribution is 7.09. The van der Waals surface area contributed by atoms with Crippen molar-refractivity contribution in [3.63, 3.8) is 0 Å². The fourth-order valence-corrected chi connectivity index (χ4v) is 3.12. The molecule has 1 atom stereocenters. The molecule has 0 bridgehead atoms.